The summed E-state index contributed by atoms with van der Waals surface area (Å²) in [5.74, 6) is 2.20. The first-order valence-corrected chi connectivity index (χ1v) is 10.0. The minimum absolute atomic E-state index is 0.477. The molecule has 0 bridgehead atoms. The zero-order valence-electron chi connectivity index (χ0n) is 14.3. The molecule has 2 aliphatic rings. The van der Waals surface area contributed by atoms with Crippen LogP contribution in [0, 0.1) is 0 Å². The average molecular weight is 384 g/mol. The summed E-state index contributed by atoms with van der Waals surface area (Å²) < 4.78 is 2.15. The van der Waals surface area contributed by atoms with Gasteiger partial charge in [-0.2, -0.15) is 0 Å². The second-order valence-corrected chi connectivity index (χ2v) is 8.24. The number of rotatable bonds is 3. The van der Waals surface area contributed by atoms with Gasteiger partial charge in [-0.1, -0.05) is 36.7 Å². The van der Waals surface area contributed by atoms with Crippen molar-refractivity contribution in [2.75, 3.05) is 0 Å². The third-order valence-corrected chi connectivity index (χ3v) is 6.48. The molecule has 1 aliphatic heterocycles. The SMILES string of the molecule is CCc1cc2c(s1)-n1c(C3CC3)nnc1C(N)N=C2c1ccccc1Cl. The molecule has 2 aromatic heterocycles. The van der Waals surface area contributed by atoms with Crippen molar-refractivity contribution in [2.45, 2.75) is 38.3 Å². The maximum absolute atomic E-state index is 6.49. The summed E-state index contributed by atoms with van der Waals surface area (Å²) in [4.78, 5) is 6.12. The number of hydrogen-bond donors (Lipinski definition) is 1. The number of aryl methyl sites for hydroxylation is 1. The van der Waals surface area contributed by atoms with E-state index in [1.54, 1.807) is 11.3 Å². The molecule has 1 saturated carbocycles. The molecule has 1 atom stereocenters. The third kappa shape index (κ3) is 2.44. The van der Waals surface area contributed by atoms with Gasteiger partial charge in [0, 0.05) is 26.9 Å². The first-order valence-electron chi connectivity index (χ1n) is 8.84. The molecular formula is C19H18ClN5S. The normalized spacial score (nSPS) is 18.9. The van der Waals surface area contributed by atoms with E-state index in [4.69, 9.17) is 22.3 Å². The number of nitrogens with zero attached hydrogens (tertiary/aromatic N) is 4. The zero-order chi connectivity index (χ0) is 17.8. The fraction of sp³-hybridized carbons (Fsp3) is 0.316. The Hall–Kier alpha value is -2.02. The molecule has 0 amide bonds. The third-order valence-electron chi connectivity index (χ3n) is 4.89. The lowest BCUT2D eigenvalue weighted by Gasteiger charge is -2.09. The molecule has 3 heterocycles. The lowest BCUT2D eigenvalue weighted by molar-refractivity contribution is 0.690. The Morgan fingerprint density at radius 2 is 1.96 bits per heavy atom. The van der Waals surface area contributed by atoms with Gasteiger partial charge in [-0.3, -0.25) is 9.56 Å². The minimum Gasteiger partial charge on any atom is -0.303 e. The van der Waals surface area contributed by atoms with E-state index in [9.17, 15) is 0 Å². The molecule has 1 fully saturated rings. The van der Waals surface area contributed by atoms with E-state index in [0.29, 0.717) is 16.8 Å². The van der Waals surface area contributed by atoms with Crippen molar-refractivity contribution in [3.63, 3.8) is 0 Å². The quantitative estimate of drug-likeness (QED) is 0.735. The predicted octanol–water partition coefficient (Wildman–Crippen LogP) is 4.23. The minimum atomic E-state index is -0.564. The van der Waals surface area contributed by atoms with Gasteiger partial charge in [0.05, 0.1) is 5.71 Å². The summed E-state index contributed by atoms with van der Waals surface area (Å²) in [6.07, 6.45) is 2.72. The molecule has 0 spiro atoms. The topological polar surface area (TPSA) is 69.1 Å². The molecule has 0 saturated heterocycles. The maximum Gasteiger partial charge on any atom is 0.177 e. The smallest absolute Gasteiger partial charge is 0.177 e. The van der Waals surface area contributed by atoms with Crippen LogP contribution in [0.3, 0.4) is 0 Å². The molecule has 1 aliphatic carbocycles. The molecule has 0 radical (unpaired) electrons. The van der Waals surface area contributed by atoms with E-state index in [1.165, 1.54) is 4.88 Å². The standard InChI is InChI=1S/C19H18ClN5S/c1-2-11-9-13-15(12-5-3-4-6-14(12)20)22-16(21)18-24-23-17(10-7-8-10)25(18)19(13)26-11/h3-6,9-10,16H,2,7-8,21H2,1H3. The van der Waals surface area contributed by atoms with Crippen LogP contribution in [0.4, 0.5) is 0 Å². The summed E-state index contributed by atoms with van der Waals surface area (Å²) in [6.45, 7) is 2.16. The Kier molecular flexibility index (Phi) is 3.74. The molecule has 5 nitrogen and oxygen atoms in total. The number of hydrogen-bond acceptors (Lipinski definition) is 5. The molecule has 132 valence electrons. The molecule has 1 unspecified atom stereocenters. The highest BCUT2D eigenvalue weighted by Gasteiger charge is 2.35. The van der Waals surface area contributed by atoms with E-state index in [0.717, 1.165) is 46.9 Å². The molecule has 26 heavy (non-hydrogen) atoms. The number of aromatic nitrogens is 3. The summed E-state index contributed by atoms with van der Waals surface area (Å²) in [7, 11) is 0. The maximum atomic E-state index is 6.49. The van der Waals surface area contributed by atoms with E-state index >= 15 is 0 Å². The van der Waals surface area contributed by atoms with Crippen LogP contribution in [-0.4, -0.2) is 20.5 Å². The number of aliphatic imine (C=N–C) groups is 1. The Morgan fingerprint density at radius 1 is 1.19 bits per heavy atom. The highest BCUT2D eigenvalue weighted by atomic mass is 35.5. The van der Waals surface area contributed by atoms with Crippen molar-refractivity contribution in [3.05, 3.63) is 63.0 Å². The molecule has 5 rings (SSSR count). The van der Waals surface area contributed by atoms with E-state index in [2.05, 4.69) is 27.8 Å². The van der Waals surface area contributed by atoms with E-state index in [1.807, 2.05) is 24.3 Å². The van der Waals surface area contributed by atoms with Gasteiger partial charge in [-0.25, -0.2) is 0 Å². The van der Waals surface area contributed by atoms with Crippen molar-refractivity contribution in [3.8, 4) is 5.00 Å². The van der Waals surface area contributed by atoms with Gasteiger partial charge < -0.3 is 5.73 Å². The molecule has 1 aromatic carbocycles. The van der Waals surface area contributed by atoms with E-state index < -0.39 is 6.17 Å². The van der Waals surface area contributed by atoms with Crippen molar-refractivity contribution >= 4 is 28.6 Å². The second-order valence-electron chi connectivity index (χ2n) is 6.71. The Morgan fingerprint density at radius 3 is 2.69 bits per heavy atom. The van der Waals surface area contributed by atoms with Crippen molar-refractivity contribution in [1.82, 2.24) is 14.8 Å². The van der Waals surface area contributed by atoms with Gasteiger partial charge in [-0.15, -0.1) is 21.5 Å². The number of thiophene rings is 1. The fourth-order valence-electron chi connectivity index (χ4n) is 3.39. The number of fused-ring (bicyclic) bond motifs is 3. The van der Waals surface area contributed by atoms with Crippen LogP contribution in [0.15, 0.2) is 35.3 Å². The highest BCUT2D eigenvalue weighted by molar-refractivity contribution is 7.15. The van der Waals surface area contributed by atoms with Crippen molar-refractivity contribution in [2.24, 2.45) is 10.7 Å². The summed E-state index contributed by atoms with van der Waals surface area (Å²) >= 11 is 8.25. The number of nitrogens with two attached hydrogens (primary N) is 1. The van der Waals surface area contributed by atoms with E-state index in [-0.39, 0.29) is 0 Å². The summed E-state index contributed by atoms with van der Waals surface area (Å²) in [5.41, 5.74) is 9.22. The van der Waals surface area contributed by atoms with Gasteiger partial charge in [0.1, 0.15) is 10.8 Å². The summed E-state index contributed by atoms with van der Waals surface area (Å²) in [6, 6.07) is 9.99. The van der Waals surface area contributed by atoms with Gasteiger partial charge >= 0.3 is 0 Å². The van der Waals surface area contributed by atoms with Crippen molar-refractivity contribution < 1.29 is 0 Å². The molecule has 7 heteroatoms. The van der Waals surface area contributed by atoms with Gasteiger partial charge in [0.15, 0.2) is 12.0 Å². The number of benzene rings is 1. The zero-order valence-corrected chi connectivity index (χ0v) is 15.9. The Labute approximate surface area is 160 Å². The van der Waals surface area contributed by atoms with Crippen LogP contribution in [0.5, 0.6) is 0 Å². The molecule has 2 N–H and O–H groups in total. The number of halogens is 1. The first kappa shape index (κ1) is 16.2. The Bertz CT molecular complexity index is 1030. The van der Waals surface area contributed by atoms with Crippen molar-refractivity contribution in [1.29, 1.82) is 0 Å². The van der Waals surface area contributed by atoms with Crippen LogP contribution in [-0.2, 0) is 6.42 Å². The fourth-order valence-corrected chi connectivity index (χ4v) is 4.73. The lowest BCUT2D eigenvalue weighted by atomic mass is 10.0. The molecule has 3 aromatic rings. The second kappa shape index (κ2) is 6.01. The average Bonchev–Trinajstić information content (AvgIpc) is 3.27. The van der Waals surface area contributed by atoms with Crippen LogP contribution in [0.25, 0.3) is 5.00 Å². The highest BCUT2D eigenvalue weighted by Crippen LogP contribution is 2.43. The Balaban J connectivity index is 1.79. The first-order chi connectivity index (χ1) is 12.7. The van der Waals surface area contributed by atoms with Crippen LogP contribution in [0.2, 0.25) is 5.02 Å². The summed E-state index contributed by atoms with van der Waals surface area (Å²) in [5, 5.41) is 10.6. The lowest BCUT2D eigenvalue weighted by Crippen LogP contribution is -2.14. The van der Waals surface area contributed by atoms with Crippen LogP contribution in [0.1, 0.15) is 59.5 Å². The van der Waals surface area contributed by atoms with Gasteiger partial charge in [0.2, 0.25) is 0 Å². The predicted molar refractivity (Wildman–Crippen MR) is 105 cm³/mol. The molecular weight excluding hydrogens is 366 g/mol. The van der Waals surface area contributed by atoms with Crippen LogP contribution >= 0.6 is 22.9 Å². The monoisotopic (exact) mass is 383 g/mol. The van der Waals surface area contributed by atoms with Gasteiger partial charge in [0.25, 0.3) is 0 Å². The van der Waals surface area contributed by atoms with Gasteiger partial charge in [-0.05, 0) is 31.4 Å². The largest absolute Gasteiger partial charge is 0.303 e. The van der Waals surface area contributed by atoms with Crippen LogP contribution < -0.4 is 5.73 Å².